The minimum Gasteiger partial charge on any atom is -0.383 e. The van der Waals surface area contributed by atoms with Crippen molar-refractivity contribution >= 4 is 22.8 Å². The first-order valence-corrected chi connectivity index (χ1v) is 7.68. The van der Waals surface area contributed by atoms with E-state index in [1.807, 2.05) is 19.2 Å². The van der Waals surface area contributed by atoms with Crippen molar-refractivity contribution < 1.29 is 0 Å². The zero-order chi connectivity index (χ0) is 15.4. The molecular formula is C13H19N5O2S. The van der Waals surface area contributed by atoms with Crippen LogP contribution < -0.4 is 22.3 Å². The van der Waals surface area contributed by atoms with Gasteiger partial charge in [-0.05, 0) is 13.3 Å². The van der Waals surface area contributed by atoms with Crippen LogP contribution >= 0.6 is 11.3 Å². The number of unbranched alkanes of at least 4 members (excludes halogenated alkanes) is 1. The Balaban J connectivity index is 2.26. The zero-order valence-corrected chi connectivity index (χ0v) is 12.9. The summed E-state index contributed by atoms with van der Waals surface area (Å²) in [6, 6.07) is 0. The molecule has 0 radical (unpaired) electrons. The smallest absolute Gasteiger partial charge is 0.330 e. The Hall–Kier alpha value is -2.09. The minimum absolute atomic E-state index is 0.172. The second-order valence-corrected chi connectivity index (χ2v) is 5.70. The highest BCUT2D eigenvalue weighted by atomic mass is 32.1. The fourth-order valence-corrected chi connectivity index (χ4v) is 2.66. The van der Waals surface area contributed by atoms with E-state index >= 15 is 0 Å². The van der Waals surface area contributed by atoms with Crippen molar-refractivity contribution in [3.8, 4) is 0 Å². The topological polar surface area (TPSA) is 106 Å². The van der Waals surface area contributed by atoms with E-state index in [1.165, 1.54) is 15.9 Å². The van der Waals surface area contributed by atoms with Crippen LogP contribution in [0.25, 0.3) is 0 Å². The third-order valence-electron chi connectivity index (χ3n) is 3.06. The Labute approximate surface area is 125 Å². The maximum atomic E-state index is 11.9. The van der Waals surface area contributed by atoms with E-state index in [9.17, 15) is 9.59 Å². The molecule has 7 nitrogen and oxygen atoms in total. The van der Waals surface area contributed by atoms with Gasteiger partial charge in [0.1, 0.15) is 16.5 Å². The van der Waals surface area contributed by atoms with Gasteiger partial charge < -0.3 is 11.1 Å². The molecule has 0 spiro atoms. The molecule has 21 heavy (non-hydrogen) atoms. The molecule has 2 aromatic heterocycles. The Bertz CT molecular complexity index is 731. The van der Waals surface area contributed by atoms with E-state index < -0.39 is 11.2 Å². The molecular weight excluding hydrogens is 290 g/mol. The third-order valence-corrected chi connectivity index (χ3v) is 4.02. The summed E-state index contributed by atoms with van der Waals surface area (Å²) in [6.45, 7) is 4.82. The number of H-pyrrole nitrogens is 1. The van der Waals surface area contributed by atoms with Gasteiger partial charge in [-0.15, -0.1) is 11.3 Å². The van der Waals surface area contributed by atoms with E-state index in [4.69, 9.17) is 5.73 Å². The van der Waals surface area contributed by atoms with Crippen LogP contribution in [0, 0.1) is 6.92 Å². The number of nitrogens with one attached hydrogen (secondary N) is 2. The lowest BCUT2D eigenvalue weighted by molar-refractivity contribution is 0.605. The molecule has 2 aromatic rings. The van der Waals surface area contributed by atoms with Crippen LogP contribution in [0.5, 0.6) is 0 Å². The number of nitrogens with two attached hydrogens (primary N) is 1. The van der Waals surface area contributed by atoms with Gasteiger partial charge in [-0.2, -0.15) is 0 Å². The number of thiazole rings is 1. The molecule has 0 bridgehead atoms. The van der Waals surface area contributed by atoms with E-state index in [0.29, 0.717) is 13.1 Å². The fourth-order valence-electron chi connectivity index (χ4n) is 1.94. The fraction of sp³-hybridized carbons (Fsp3) is 0.462. The van der Waals surface area contributed by atoms with Crippen molar-refractivity contribution in [1.29, 1.82) is 0 Å². The normalized spacial score (nSPS) is 10.8. The van der Waals surface area contributed by atoms with Gasteiger partial charge in [-0.25, -0.2) is 9.78 Å². The van der Waals surface area contributed by atoms with Crippen molar-refractivity contribution in [2.75, 3.05) is 11.1 Å². The summed E-state index contributed by atoms with van der Waals surface area (Å²) in [5, 5.41) is 5.77. The monoisotopic (exact) mass is 309 g/mol. The molecule has 0 atom stereocenters. The molecule has 8 heteroatoms. The first-order chi connectivity index (χ1) is 10.0. The highest BCUT2D eigenvalue weighted by molar-refractivity contribution is 7.09. The Morgan fingerprint density at radius 3 is 2.86 bits per heavy atom. The number of aromatic amines is 1. The van der Waals surface area contributed by atoms with Crippen LogP contribution in [0.1, 0.15) is 30.5 Å². The molecule has 0 aliphatic carbocycles. The molecule has 4 N–H and O–H groups in total. The maximum absolute atomic E-state index is 11.9. The number of hydrogen-bond acceptors (Lipinski definition) is 6. The Kier molecular flexibility index (Phi) is 4.79. The summed E-state index contributed by atoms with van der Waals surface area (Å²) in [5.41, 5.74) is 6.14. The average Bonchev–Trinajstić information content (AvgIpc) is 2.84. The molecule has 0 unspecified atom stereocenters. The molecule has 0 aliphatic heterocycles. The van der Waals surface area contributed by atoms with Gasteiger partial charge >= 0.3 is 5.69 Å². The van der Waals surface area contributed by atoms with Gasteiger partial charge in [0, 0.05) is 17.6 Å². The summed E-state index contributed by atoms with van der Waals surface area (Å²) in [4.78, 5) is 30.3. The first-order valence-electron chi connectivity index (χ1n) is 6.80. The van der Waals surface area contributed by atoms with Crippen LogP contribution in [0.3, 0.4) is 0 Å². The predicted octanol–water partition coefficient (Wildman–Crippen LogP) is 1.30. The second-order valence-electron chi connectivity index (χ2n) is 4.76. The molecule has 2 rings (SSSR count). The van der Waals surface area contributed by atoms with Crippen molar-refractivity contribution in [3.63, 3.8) is 0 Å². The molecule has 0 saturated carbocycles. The van der Waals surface area contributed by atoms with Crippen LogP contribution in [0.15, 0.2) is 15.0 Å². The Morgan fingerprint density at radius 2 is 2.24 bits per heavy atom. The molecule has 114 valence electrons. The number of anilines is 2. The SMILES string of the molecule is CCCCn1c(N)c(NCc2nc(C)cs2)c(=O)[nH]c1=O. The van der Waals surface area contributed by atoms with E-state index in [1.54, 1.807) is 0 Å². The molecule has 0 saturated heterocycles. The van der Waals surface area contributed by atoms with E-state index in [2.05, 4.69) is 15.3 Å². The van der Waals surface area contributed by atoms with Gasteiger partial charge in [0.2, 0.25) is 0 Å². The maximum Gasteiger partial charge on any atom is 0.330 e. The lowest BCUT2D eigenvalue weighted by Gasteiger charge is -2.12. The lowest BCUT2D eigenvalue weighted by atomic mass is 10.3. The van der Waals surface area contributed by atoms with E-state index in [-0.39, 0.29) is 11.5 Å². The number of hydrogen-bond donors (Lipinski definition) is 3. The number of nitrogens with zero attached hydrogens (tertiary/aromatic N) is 2. The highest BCUT2D eigenvalue weighted by Crippen LogP contribution is 2.14. The van der Waals surface area contributed by atoms with Crippen LogP contribution in [0.2, 0.25) is 0 Å². The predicted molar refractivity (Wildman–Crippen MR) is 84.8 cm³/mol. The molecule has 0 aromatic carbocycles. The number of aromatic nitrogens is 3. The van der Waals surface area contributed by atoms with Crippen LogP contribution in [-0.4, -0.2) is 14.5 Å². The standard InChI is InChI=1S/C13H19N5O2S/c1-3-4-5-18-11(14)10(12(19)17-13(18)20)15-6-9-16-8(2)7-21-9/h7,15H,3-6,14H2,1-2H3,(H,17,19,20). The number of aryl methyl sites for hydroxylation is 1. The summed E-state index contributed by atoms with van der Waals surface area (Å²) >= 11 is 1.51. The number of rotatable bonds is 6. The summed E-state index contributed by atoms with van der Waals surface area (Å²) in [6.07, 6.45) is 1.76. The molecule has 0 fully saturated rings. The molecule has 0 amide bonds. The second kappa shape index (κ2) is 6.57. The van der Waals surface area contributed by atoms with Gasteiger partial charge in [-0.1, -0.05) is 13.3 Å². The van der Waals surface area contributed by atoms with Crippen LogP contribution in [-0.2, 0) is 13.1 Å². The van der Waals surface area contributed by atoms with Crippen molar-refractivity contribution in [2.24, 2.45) is 0 Å². The third kappa shape index (κ3) is 3.52. The van der Waals surface area contributed by atoms with E-state index in [0.717, 1.165) is 23.5 Å². The summed E-state index contributed by atoms with van der Waals surface area (Å²) in [5.74, 6) is 0.172. The summed E-state index contributed by atoms with van der Waals surface area (Å²) in [7, 11) is 0. The lowest BCUT2D eigenvalue weighted by Crippen LogP contribution is -2.34. The van der Waals surface area contributed by atoms with Crippen molar-refractivity contribution in [1.82, 2.24) is 14.5 Å². The first kappa shape index (κ1) is 15.3. The van der Waals surface area contributed by atoms with Gasteiger partial charge in [0.05, 0.1) is 6.54 Å². The molecule has 0 aliphatic rings. The summed E-state index contributed by atoms with van der Waals surface area (Å²) < 4.78 is 1.39. The minimum atomic E-state index is -0.501. The van der Waals surface area contributed by atoms with Crippen molar-refractivity contribution in [2.45, 2.75) is 39.8 Å². The Morgan fingerprint density at radius 1 is 1.48 bits per heavy atom. The zero-order valence-electron chi connectivity index (χ0n) is 12.1. The quantitative estimate of drug-likeness (QED) is 0.745. The molecule has 2 heterocycles. The average molecular weight is 309 g/mol. The van der Waals surface area contributed by atoms with Gasteiger partial charge in [0.25, 0.3) is 5.56 Å². The van der Waals surface area contributed by atoms with Crippen molar-refractivity contribution in [3.05, 3.63) is 36.9 Å². The van der Waals surface area contributed by atoms with Gasteiger partial charge in [-0.3, -0.25) is 14.3 Å². The van der Waals surface area contributed by atoms with Crippen LogP contribution in [0.4, 0.5) is 11.5 Å². The largest absolute Gasteiger partial charge is 0.383 e. The van der Waals surface area contributed by atoms with Gasteiger partial charge in [0.15, 0.2) is 0 Å². The number of nitrogen functional groups attached to an aromatic ring is 1. The highest BCUT2D eigenvalue weighted by Gasteiger charge is 2.12.